The first kappa shape index (κ1) is 22.2. The fraction of sp³-hybridized carbons (Fsp3) is 0.375. The zero-order valence-corrected chi connectivity index (χ0v) is 18.0. The number of aliphatic imine (C=N–C) groups is 1. The fourth-order valence-corrected chi connectivity index (χ4v) is 4.25. The van der Waals surface area contributed by atoms with Crippen molar-refractivity contribution in [3.63, 3.8) is 0 Å². The van der Waals surface area contributed by atoms with Crippen molar-refractivity contribution in [3.05, 3.63) is 65.7 Å². The van der Waals surface area contributed by atoms with Crippen LogP contribution in [0.4, 0.5) is 0 Å². The predicted octanol–water partition coefficient (Wildman–Crippen LogP) is 2.95. The number of hydrogen-bond donors (Lipinski definition) is 3. The Hall–Kier alpha value is -3.53. The highest BCUT2D eigenvalue weighted by Gasteiger charge is 2.37. The zero-order valence-electron chi connectivity index (χ0n) is 18.0. The van der Waals surface area contributed by atoms with Crippen LogP contribution >= 0.6 is 0 Å². The third-order valence-corrected chi connectivity index (χ3v) is 6.01. The summed E-state index contributed by atoms with van der Waals surface area (Å²) in [5.41, 5.74) is 1.62. The summed E-state index contributed by atoms with van der Waals surface area (Å²) in [5, 5.41) is 18.2. The van der Waals surface area contributed by atoms with Gasteiger partial charge in [0, 0.05) is 25.0 Å². The highest BCUT2D eigenvalue weighted by atomic mass is 16.5. The Morgan fingerprint density at radius 1 is 1.16 bits per heavy atom. The molecule has 2 aromatic carbocycles. The van der Waals surface area contributed by atoms with E-state index in [0.29, 0.717) is 23.8 Å². The van der Waals surface area contributed by atoms with E-state index in [1.165, 1.54) is 5.56 Å². The Morgan fingerprint density at radius 2 is 1.84 bits per heavy atom. The molecule has 0 atom stereocenters. The van der Waals surface area contributed by atoms with Gasteiger partial charge >= 0.3 is 0 Å². The molecule has 1 fully saturated rings. The quantitative estimate of drug-likeness (QED) is 0.380. The van der Waals surface area contributed by atoms with Gasteiger partial charge in [-0.15, -0.1) is 4.99 Å². The third kappa shape index (κ3) is 5.34. The number of rotatable bonds is 6. The summed E-state index contributed by atoms with van der Waals surface area (Å²) < 4.78 is 5.34. The van der Waals surface area contributed by atoms with Crippen molar-refractivity contribution in [3.8, 4) is 11.9 Å². The van der Waals surface area contributed by atoms with Crippen LogP contribution in [0.2, 0.25) is 0 Å². The zero-order chi connectivity index (χ0) is 22.1. The largest absolute Gasteiger partial charge is 0.496 e. The number of guanidine groups is 1. The van der Waals surface area contributed by atoms with E-state index in [9.17, 15) is 4.79 Å². The van der Waals surface area contributed by atoms with Crippen molar-refractivity contribution < 1.29 is 9.53 Å². The summed E-state index contributed by atoms with van der Waals surface area (Å²) in [6, 6.07) is 17.9. The Kier molecular flexibility index (Phi) is 7.50. The van der Waals surface area contributed by atoms with Crippen LogP contribution in [0.3, 0.4) is 0 Å². The number of nitriles is 1. The molecule has 0 saturated heterocycles. The van der Waals surface area contributed by atoms with Gasteiger partial charge in [-0.1, -0.05) is 42.5 Å². The van der Waals surface area contributed by atoms with Crippen molar-refractivity contribution in [2.24, 2.45) is 4.99 Å². The number of nitrogens with zero attached hydrogens (tertiary/aromatic N) is 2. The number of amides is 1. The molecule has 1 aliphatic rings. The molecule has 3 rings (SSSR count). The molecule has 162 valence electrons. The minimum atomic E-state index is -0.150. The Balaban J connectivity index is 1.74. The molecule has 7 nitrogen and oxygen atoms in total. The lowest BCUT2D eigenvalue weighted by atomic mass is 9.68. The van der Waals surface area contributed by atoms with Gasteiger partial charge in [0.05, 0.1) is 12.7 Å². The van der Waals surface area contributed by atoms with Crippen LogP contribution in [0.25, 0.3) is 0 Å². The molecule has 0 spiro atoms. The number of hydrogen-bond acceptors (Lipinski definition) is 4. The minimum absolute atomic E-state index is 0.133. The van der Waals surface area contributed by atoms with E-state index in [2.05, 4.69) is 33.1 Å². The first-order valence-corrected chi connectivity index (χ1v) is 10.5. The molecular formula is C24H29N5O2. The van der Waals surface area contributed by atoms with Crippen molar-refractivity contribution in [2.75, 3.05) is 20.7 Å². The van der Waals surface area contributed by atoms with E-state index in [4.69, 9.17) is 10.00 Å². The van der Waals surface area contributed by atoms with Gasteiger partial charge in [0.1, 0.15) is 5.75 Å². The lowest BCUT2D eigenvalue weighted by Crippen LogP contribution is -2.49. The van der Waals surface area contributed by atoms with Gasteiger partial charge in [-0.3, -0.25) is 4.79 Å². The molecule has 0 aliphatic heterocycles. The second-order valence-corrected chi connectivity index (χ2v) is 7.76. The minimum Gasteiger partial charge on any atom is -0.496 e. The lowest BCUT2D eigenvalue weighted by molar-refractivity contribution is 0.0932. The molecule has 1 aliphatic carbocycles. The highest BCUT2D eigenvalue weighted by Crippen LogP contribution is 2.39. The van der Waals surface area contributed by atoms with Gasteiger partial charge in [-0.2, -0.15) is 5.26 Å². The molecule has 0 heterocycles. The average molecular weight is 420 g/mol. The van der Waals surface area contributed by atoms with Crippen LogP contribution in [0, 0.1) is 11.5 Å². The summed E-state index contributed by atoms with van der Waals surface area (Å²) in [5.74, 6) is 0.925. The van der Waals surface area contributed by atoms with Crippen LogP contribution in [0.5, 0.6) is 5.75 Å². The maximum absolute atomic E-state index is 12.9. The fourth-order valence-electron chi connectivity index (χ4n) is 4.25. The number of ether oxygens (including phenoxy) is 1. The van der Waals surface area contributed by atoms with Crippen LogP contribution in [-0.2, 0) is 5.41 Å². The number of nitrogens with one attached hydrogen (secondary N) is 3. The molecule has 31 heavy (non-hydrogen) atoms. The summed E-state index contributed by atoms with van der Waals surface area (Å²) in [4.78, 5) is 16.7. The summed E-state index contributed by atoms with van der Waals surface area (Å²) >= 11 is 0. The number of carbonyl (C=O) groups is 1. The van der Waals surface area contributed by atoms with Gasteiger partial charge in [-0.05, 0) is 43.4 Å². The molecule has 7 heteroatoms. The maximum atomic E-state index is 12.9. The van der Waals surface area contributed by atoms with Gasteiger partial charge < -0.3 is 20.7 Å². The first-order chi connectivity index (χ1) is 15.1. The Bertz CT molecular complexity index is 944. The monoisotopic (exact) mass is 419 g/mol. The third-order valence-electron chi connectivity index (χ3n) is 6.01. The number of benzene rings is 2. The molecule has 1 amide bonds. The van der Waals surface area contributed by atoms with E-state index in [-0.39, 0.29) is 17.4 Å². The first-order valence-electron chi connectivity index (χ1n) is 10.5. The van der Waals surface area contributed by atoms with E-state index in [0.717, 1.165) is 25.7 Å². The van der Waals surface area contributed by atoms with Crippen molar-refractivity contribution in [1.82, 2.24) is 16.0 Å². The number of para-hydroxylation sites is 1. The Morgan fingerprint density at radius 3 is 2.48 bits per heavy atom. The topological polar surface area (TPSA) is 98.5 Å². The van der Waals surface area contributed by atoms with E-state index >= 15 is 0 Å². The normalized spacial score (nSPS) is 20.9. The highest BCUT2D eigenvalue weighted by molar-refractivity contribution is 5.97. The van der Waals surface area contributed by atoms with Gasteiger partial charge in [0.25, 0.3) is 5.91 Å². The summed E-state index contributed by atoms with van der Waals surface area (Å²) in [7, 11) is 3.31. The smallest absolute Gasteiger partial charge is 0.255 e. The molecule has 0 unspecified atom stereocenters. The lowest BCUT2D eigenvalue weighted by Gasteiger charge is -2.41. The van der Waals surface area contributed by atoms with E-state index in [1.54, 1.807) is 26.3 Å². The number of methoxy groups -OCH3 is 1. The molecule has 3 N–H and O–H groups in total. The number of carbonyl (C=O) groups excluding carboxylic acids is 1. The molecular weight excluding hydrogens is 390 g/mol. The molecule has 0 bridgehead atoms. The molecule has 1 saturated carbocycles. The molecule has 0 aromatic heterocycles. The SMILES string of the molecule is CN/C(=N\C#N)N[C@H]1CC[C@@](CNC(=O)c2ccccc2OC)(c2ccccc2)CC1. The second-order valence-electron chi connectivity index (χ2n) is 7.76. The second kappa shape index (κ2) is 10.5. The molecule has 0 radical (unpaired) electrons. The van der Waals surface area contributed by atoms with Crippen molar-refractivity contribution in [2.45, 2.75) is 37.1 Å². The van der Waals surface area contributed by atoms with E-state index < -0.39 is 0 Å². The van der Waals surface area contributed by atoms with Gasteiger partial charge in [0.2, 0.25) is 12.2 Å². The standard InChI is InChI=1S/C24H29N5O2/c1-26-23(28-17-25)29-19-12-14-24(15-13-19,18-8-4-3-5-9-18)16-27-22(30)20-10-6-7-11-21(20)31-2/h3-11,19H,12-16H2,1-2H3,(H,27,30)(H2,26,28,29)/t19-,24+. The van der Waals surface area contributed by atoms with Crippen molar-refractivity contribution >= 4 is 11.9 Å². The van der Waals surface area contributed by atoms with Crippen LogP contribution in [0.1, 0.15) is 41.6 Å². The van der Waals surface area contributed by atoms with Crippen LogP contribution in [-0.4, -0.2) is 38.6 Å². The van der Waals surface area contributed by atoms with Crippen LogP contribution < -0.4 is 20.7 Å². The predicted molar refractivity (Wildman–Crippen MR) is 121 cm³/mol. The Labute approximate surface area is 183 Å². The average Bonchev–Trinajstić information content (AvgIpc) is 2.83. The van der Waals surface area contributed by atoms with E-state index in [1.807, 2.05) is 36.5 Å². The molecule has 2 aromatic rings. The summed E-state index contributed by atoms with van der Waals surface area (Å²) in [6.07, 6.45) is 5.44. The maximum Gasteiger partial charge on any atom is 0.255 e. The van der Waals surface area contributed by atoms with Crippen LogP contribution in [0.15, 0.2) is 59.6 Å². The van der Waals surface area contributed by atoms with Crippen molar-refractivity contribution in [1.29, 1.82) is 5.26 Å². The summed E-state index contributed by atoms with van der Waals surface area (Å²) in [6.45, 7) is 0.547. The van der Waals surface area contributed by atoms with Gasteiger partial charge in [-0.25, -0.2) is 0 Å². The van der Waals surface area contributed by atoms with Gasteiger partial charge in [0.15, 0.2) is 0 Å².